The van der Waals surface area contributed by atoms with E-state index >= 15 is 0 Å². The van der Waals surface area contributed by atoms with Crippen LogP contribution in [0.4, 0.5) is 0 Å². The van der Waals surface area contributed by atoms with Gasteiger partial charge in [-0.15, -0.1) is 0 Å². The average Bonchev–Trinajstić information content (AvgIpc) is 2.89. The van der Waals surface area contributed by atoms with Crippen molar-refractivity contribution in [3.8, 4) is 0 Å². The molecule has 1 atom stereocenters. The molecule has 0 aliphatic carbocycles. The van der Waals surface area contributed by atoms with E-state index in [1.807, 2.05) is 45.0 Å². The van der Waals surface area contributed by atoms with Crippen molar-refractivity contribution in [3.63, 3.8) is 0 Å². The highest BCUT2D eigenvalue weighted by atomic mass is 16.3. The molecule has 0 saturated carbocycles. The van der Waals surface area contributed by atoms with Crippen LogP contribution in [0.3, 0.4) is 0 Å². The van der Waals surface area contributed by atoms with Gasteiger partial charge in [-0.3, -0.25) is 9.59 Å². The summed E-state index contributed by atoms with van der Waals surface area (Å²) < 4.78 is 5.40. The number of hydrogen-bond donors (Lipinski definition) is 1. The number of para-hydroxylation sites is 1. The number of likely N-dealkylation sites (N-methyl/N-ethyl adjacent to an activating group) is 1. The number of carbonyl (C=O) groups is 2. The van der Waals surface area contributed by atoms with E-state index in [1.165, 1.54) is 6.26 Å². The highest BCUT2D eigenvalue weighted by Crippen LogP contribution is 2.21. The van der Waals surface area contributed by atoms with Gasteiger partial charge in [-0.2, -0.15) is 0 Å². The van der Waals surface area contributed by atoms with Crippen LogP contribution in [-0.4, -0.2) is 36.3 Å². The first-order valence-electron chi connectivity index (χ1n) is 7.42. The fraction of sp³-hybridized carbons (Fsp3) is 0.412. The molecule has 1 unspecified atom stereocenters. The summed E-state index contributed by atoms with van der Waals surface area (Å²) in [5.74, 6) is -0.195. The fourth-order valence-corrected chi connectivity index (χ4v) is 2.30. The van der Waals surface area contributed by atoms with E-state index in [0.29, 0.717) is 17.7 Å². The van der Waals surface area contributed by atoms with E-state index in [-0.39, 0.29) is 23.8 Å². The van der Waals surface area contributed by atoms with Gasteiger partial charge in [0, 0.05) is 30.9 Å². The number of rotatable bonds is 5. The molecule has 2 aromatic rings. The molecule has 5 heteroatoms. The summed E-state index contributed by atoms with van der Waals surface area (Å²) in [4.78, 5) is 25.8. The van der Waals surface area contributed by atoms with Gasteiger partial charge >= 0.3 is 0 Å². The highest BCUT2D eigenvalue weighted by Gasteiger charge is 2.20. The molecule has 0 bridgehead atoms. The van der Waals surface area contributed by atoms with Crippen LogP contribution < -0.4 is 5.32 Å². The number of fused-ring (bicyclic) bond motifs is 1. The number of carbonyl (C=O) groups excluding carboxylic acids is 2. The first-order valence-corrected chi connectivity index (χ1v) is 7.42. The molecule has 0 aliphatic heterocycles. The van der Waals surface area contributed by atoms with Gasteiger partial charge in [0.15, 0.2) is 0 Å². The quantitative estimate of drug-likeness (QED) is 0.923. The molecule has 0 fully saturated rings. The summed E-state index contributed by atoms with van der Waals surface area (Å²) in [6, 6.07) is 7.33. The van der Waals surface area contributed by atoms with E-state index in [2.05, 4.69) is 5.32 Å². The second-order valence-corrected chi connectivity index (χ2v) is 5.90. The Labute approximate surface area is 130 Å². The third kappa shape index (κ3) is 3.47. The summed E-state index contributed by atoms with van der Waals surface area (Å²) in [6.07, 6.45) is 1.49. The van der Waals surface area contributed by atoms with Crippen LogP contribution in [0.15, 0.2) is 34.9 Å². The predicted octanol–water partition coefficient (Wildman–Crippen LogP) is 2.67. The highest BCUT2D eigenvalue weighted by molar-refractivity contribution is 6.05. The minimum Gasteiger partial charge on any atom is -0.463 e. The van der Waals surface area contributed by atoms with Gasteiger partial charge in [0.25, 0.3) is 5.91 Å². The SMILES string of the molecule is CC(CN(C)C(=O)c1coc2ccccc12)NC(=O)C(C)C. The molecule has 1 N–H and O–H groups in total. The minimum atomic E-state index is -0.115. The number of furan rings is 1. The van der Waals surface area contributed by atoms with Crippen LogP contribution in [0.1, 0.15) is 31.1 Å². The molecule has 5 nitrogen and oxygen atoms in total. The van der Waals surface area contributed by atoms with Crippen LogP contribution >= 0.6 is 0 Å². The summed E-state index contributed by atoms with van der Waals surface area (Å²) in [5, 5.41) is 3.70. The monoisotopic (exact) mass is 302 g/mol. The number of nitrogens with zero attached hydrogens (tertiary/aromatic N) is 1. The smallest absolute Gasteiger partial charge is 0.257 e. The zero-order valence-corrected chi connectivity index (χ0v) is 13.4. The lowest BCUT2D eigenvalue weighted by atomic mass is 10.1. The lowest BCUT2D eigenvalue weighted by Gasteiger charge is -2.22. The Morgan fingerprint density at radius 2 is 1.91 bits per heavy atom. The van der Waals surface area contributed by atoms with Crippen molar-refractivity contribution in [2.45, 2.75) is 26.8 Å². The Morgan fingerprint density at radius 1 is 1.23 bits per heavy atom. The van der Waals surface area contributed by atoms with Gasteiger partial charge in [0.1, 0.15) is 11.8 Å². The van der Waals surface area contributed by atoms with E-state index in [0.717, 1.165) is 5.39 Å². The van der Waals surface area contributed by atoms with Crippen molar-refractivity contribution in [1.82, 2.24) is 10.2 Å². The number of benzene rings is 1. The van der Waals surface area contributed by atoms with Crippen molar-refractivity contribution in [1.29, 1.82) is 0 Å². The molecule has 1 aromatic heterocycles. The topological polar surface area (TPSA) is 62.6 Å². The van der Waals surface area contributed by atoms with Crippen LogP contribution in [0.25, 0.3) is 11.0 Å². The second-order valence-electron chi connectivity index (χ2n) is 5.90. The Balaban J connectivity index is 2.05. The summed E-state index contributed by atoms with van der Waals surface area (Å²) in [6.45, 7) is 6.01. The first kappa shape index (κ1) is 16.1. The number of amides is 2. The Bertz CT molecular complexity index is 675. The molecule has 1 heterocycles. The van der Waals surface area contributed by atoms with Crippen LogP contribution in [-0.2, 0) is 4.79 Å². The van der Waals surface area contributed by atoms with Crippen molar-refractivity contribution in [2.75, 3.05) is 13.6 Å². The maximum absolute atomic E-state index is 12.5. The molecule has 2 rings (SSSR count). The molecule has 118 valence electrons. The summed E-state index contributed by atoms with van der Waals surface area (Å²) >= 11 is 0. The van der Waals surface area contributed by atoms with Gasteiger partial charge in [0.05, 0.1) is 5.56 Å². The molecule has 2 amide bonds. The zero-order valence-electron chi connectivity index (χ0n) is 13.4. The zero-order chi connectivity index (χ0) is 16.3. The molecule has 1 aromatic carbocycles. The summed E-state index contributed by atoms with van der Waals surface area (Å²) in [5.41, 5.74) is 1.24. The summed E-state index contributed by atoms with van der Waals surface area (Å²) in [7, 11) is 1.72. The lowest BCUT2D eigenvalue weighted by Crippen LogP contribution is -2.43. The number of hydrogen-bond acceptors (Lipinski definition) is 3. The average molecular weight is 302 g/mol. The molecule has 0 spiro atoms. The molecule has 22 heavy (non-hydrogen) atoms. The van der Waals surface area contributed by atoms with E-state index in [4.69, 9.17) is 4.42 Å². The van der Waals surface area contributed by atoms with Crippen molar-refractivity contribution in [2.24, 2.45) is 5.92 Å². The van der Waals surface area contributed by atoms with Crippen LogP contribution in [0.5, 0.6) is 0 Å². The van der Waals surface area contributed by atoms with Gasteiger partial charge < -0.3 is 14.6 Å². The Hall–Kier alpha value is -2.30. The maximum Gasteiger partial charge on any atom is 0.257 e. The van der Waals surface area contributed by atoms with Crippen molar-refractivity contribution < 1.29 is 14.0 Å². The molecule has 0 radical (unpaired) electrons. The first-order chi connectivity index (χ1) is 10.4. The third-order valence-electron chi connectivity index (χ3n) is 3.52. The van der Waals surface area contributed by atoms with E-state index < -0.39 is 0 Å². The van der Waals surface area contributed by atoms with E-state index in [9.17, 15) is 9.59 Å². The minimum absolute atomic E-state index is 0.0119. The van der Waals surface area contributed by atoms with Gasteiger partial charge in [0.2, 0.25) is 5.91 Å². The predicted molar refractivity (Wildman–Crippen MR) is 85.6 cm³/mol. The molecule has 0 aliphatic rings. The molecule has 0 saturated heterocycles. The Kier molecular flexibility index (Phi) is 4.85. The third-order valence-corrected chi connectivity index (χ3v) is 3.52. The largest absolute Gasteiger partial charge is 0.463 e. The van der Waals surface area contributed by atoms with Gasteiger partial charge in [-0.1, -0.05) is 32.0 Å². The van der Waals surface area contributed by atoms with Crippen LogP contribution in [0.2, 0.25) is 0 Å². The fourth-order valence-electron chi connectivity index (χ4n) is 2.30. The maximum atomic E-state index is 12.5. The van der Waals surface area contributed by atoms with Crippen LogP contribution in [0, 0.1) is 5.92 Å². The van der Waals surface area contributed by atoms with Gasteiger partial charge in [-0.05, 0) is 13.0 Å². The lowest BCUT2D eigenvalue weighted by molar-refractivity contribution is -0.124. The van der Waals surface area contributed by atoms with Crippen molar-refractivity contribution in [3.05, 3.63) is 36.1 Å². The molecular formula is C17H22N2O3. The van der Waals surface area contributed by atoms with Crippen molar-refractivity contribution >= 4 is 22.8 Å². The second kappa shape index (κ2) is 6.64. The number of nitrogens with one attached hydrogen (secondary N) is 1. The molecular weight excluding hydrogens is 280 g/mol. The standard InChI is InChI=1S/C17H22N2O3/c1-11(2)16(20)18-12(3)9-19(4)17(21)14-10-22-15-8-6-5-7-13(14)15/h5-8,10-12H,9H2,1-4H3,(H,18,20). The van der Waals surface area contributed by atoms with Gasteiger partial charge in [-0.25, -0.2) is 0 Å². The van der Waals surface area contributed by atoms with E-state index in [1.54, 1.807) is 11.9 Å². The normalized spacial score (nSPS) is 12.4. The Morgan fingerprint density at radius 3 is 2.59 bits per heavy atom.